The molecule has 0 saturated carbocycles. The van der Waals surface area contributed by atoms with Crippen molar-refractivity contribution in [3.8, 4) is 11.5 Å². The summed E-state index contributed by atoms with van der Waals surface area (Å²) in [5, 5.41) is 14.9. The van der Waals surface area contributed by atoms with Gasteiger partial charge in [-0.3, -0.25) is 4.79 Å². The van der Waals surface area contributed by atoms with Crippen molar-refractivity contribution in [2.24, 2.45) is 5.10 Å². The summed E-state index contributed by atoms with van der Waals surface area (Å²) in [5.74, 6) is 3.03. The Kier molecular flexibility index (Phi) is 8.06. The number of amides is 1. The molecule has 2 N–H and O–H groups in total. The highest BCUT2D eigenvalue weighted by molar-refractivity contribution is 8.19. The number of hydrogen-bond donors (Lipinski definition) is 2. The third-order valence-corrected chi connectivity index (χ3v) is 8.40. The van der Waals surface area contributed by atoms with Crippen LogP contribution in [0.25, 0.3) is 0 Å². The molecule has 0 radical (unpaired) electrons. The van der Waals surface area contributed by atoms with Crippen molar-refractivity contribution in [2.45, 2.75) is 57.0 Å². The van der Waals surface area contributed by atoms with Crippen molar-refractivity contribution in [3.63, 3.8) is 0 Å². The predicted molar refractivity (Wildman–Crippen MR) is 141 cm³/mol. The Morgan fingerprint density at radius 2 is 1.61 bits per heavy atom. The fourth-order valence-corrected chi connectivity index (χ4v) is 6.37. The lowest BCUT2D eigenvalue weighted by molar-refractivity contribution is -0.123. The van der Waals surface area contributed by atoms with Crippen LogP contribution in [-0.4, -0.2) is 35.3 Å². The second kappa shape index (κ2) is 10.4. The van der Waals surface area contributed by atoms with Gasteiger partial charge in [0.2, 0.25) is 0 Å². The average Bonchev–Trinajstić information content (AvgIpc) is 3.27. The minimum Gasteiger partial charge on any atom is -0.507 e. The zero-order valence-electron chi connectivity index (χ0n) is 20.3. The van der Waals surface area contributed by atoms with Gasteiger partial charge in [0.15, 0.2) is 6.61 Å². The highest BCUT2D eigenvalue weighted by Gasteiger charge is 2.26. The van der Waals surface area contributed by atoms with Crippen molar-refractivity contribution in [1.29, 1.82) is 0 Å². The van der Waals surface area contributed by atoms with Crippen LogP contribution in [0.1, 0.15) is 68.4 Å². The second-order valence-corrected chi connectivity index (χ2v) is 12.9. The van der Waals surface area contributed by atoms with Gasteiger partial charge in [0.05, 0.1) is 10.8 Å². The Balaban J connectivity index is 1.60. The van der Waals surface area contributed by atoms with E-state index in [0.29, 0.717) is 16.1 Å². The number of hydrogen-bond acceptors (Lipinski definition) is 6. The van der Waals surface area contributed by atoms with Crippen molar-refractivity contribution in [2.75, 3.05) is 18.1 Å². The molecule has 0 unspecified atom stereocenters. The highest BCUT2D eigenvalue weighted by Crippen LogP contribution is 2.45. The Labute approximate surface area is 205 Å². The molecule has 7 heteroatoms. The van der Waals surface area contributed by atoms with Crippen LogP contribution in [-0.2, 0) is 15.6 Å². The van der Waals surface area contributed by atoms with Crippen LogP contribution in [0.2, 0.25) is 0 Å². The first-order valence-electron chi connectivity index (χ1n) is 11.1. The molecule has 1 fully saturated rings. The van der Waals surface area contributed by atoms with E-state index in [1.807, 2.05) is 47.8 Å². The van der Waals surface area contributed by atoms with Gasteiger partial charge in [0, 0.05) is 22.6 Å². The summed E-state index contributed by atoms with van der Waals surface area (Å²) in [6, 6.07) is 11.8. The first-order chi connectivity index (χ1) is 15.4. The number of nitrogens with zero attached hydrogens (tertiary/aromatic N) is 1. The number of carbonyl (C=O) groups excluding carboxylic acids is 1. The summed E-state index contributed by atoms with van der Waals surface area (Å²) >= 11 is 3.92. The predicted octanol–water partition coefficient (Wildman–Crippen LogP) is 5.99. The minimum absolute atomic E-state index is 0.111. The molecule has 1 heterocycles. The molecule has 178 valence electrons. The highest BCUT2D eigenvalue weighted by atomic mass is 32.2. The van der Waals surface area contributed by atoms with Gasteiger partial charge in [-0.25, -0.2) is 5.43 Å². The quantitative estimate of drug-likeness (QED) is 0.387. The van der Waals surface area contributed by atoms with Crippen LogP contribution >= 0.6 is 23.5 Å². The molecular formula is C26H34N2O3S2. The van der Waals surface area contributed by atoms with Crippen molar-refractivity contribution in [1.82, 2.24) is 5.43 Å². The van der Waals surface area contributed by atoms with Crippen LogP contribution in [0.15, 0.2) is 41.5 Å². The standard InChI is InChI=1S/C26H34N2O3S2/c1-25(2,3)20-13-17(14-21(23(20)30)26(4,5)6)15-27-28-22(29)16-31-19-9-7-18(8-10-19)24-32-11-12-33-24/h7-10,13-15,24,30H,11-12,16H2,1-6H3,(H,28,29)/b27-15-. The van der Waals surface area contributed by atoms with Crippen LogP contribution < -0.4 is 10.2 Å². The van der Waals surface area contributed by atoms with E-state index in [2.05, 4.69) is 64.2 Å². The summed E-state index contributed by atoms with van der Waals surface area (Å²) in [4.78, 5) is 12.2. The zero-order valence-corrected chi connectivity index (χ0v) is 21.9. The topological polar surface area (TPSA) is 70.9 Å². The summed E-state index contributed by atoms with van der Waals surface area (Å²) < 4.78 is 6.09. The first kappa shape index (κ1) is 25.5. The van der Waals surface area contributed by atoms with E-state index in [1.165, 1.54) is 17.1 Å². The number of phenols is 1. The third kappa shape index (κ3) is 6.93. The molecule has 5 nitrogen and oxygen atoms in total. The number of carbonyl (C=O) groups is 1. The normalized spacial score (nSPS) is 15.2. The van der Waals surface area contributed by atoms with Crippen LogP contribution in [0.3, 0.4) is 0 Å². The fraction of sp³-hybridized carbons (Fsp3) is 0.462. The molecule has 1 amide bonds. The van der Waals surface area contributed by atoms with Gasteiger partial charge in [-0.05, 0) is 46.2 Å². The van der Waals surface area contributed by atoms with Crippen LogP contribution in [0.5, 0.6) is 11.5 Å². The van der Waals surface area contributed by atoms with E-state index < -0.39 is 0 Å². The number of nitrogens with one attached hydrogen (secondary N) is 1. The van der Waals surface area contributed by atoms with Gasteiger partial charge >= 0.3 is 0 Å². The Bertz CT molecular complexity index is 965. The lowest BCUT2D eigenvalue weighted by Gasteiger charge is -2.27. The smallest absolute Gasteiger partial charge is 0.277 e. The maximum Gasteiger partial charge on any atom is 0.277 e. The van der Waals surface area contributed by atoms with Crippen LogP contribution in [0.4, 0.5) is 0 Å². The monoisotopic (exact) mass is 486 g/mol. The molecule has 3 rings (SSSR count). The number of hydrazone groups is 1. The number of phenolic OH excluding ortho intramolecular Hbond substituents is 1. The molecule has 1 aliphatic heterocycles. The zero-order chi connectivity index (χ0) is 24.2. The first-order valence-corrected chi connectivity index (χ1v) is 13.2. The molecule has 0 bridgehead atoms. The van der Waals surface area contributed by atoms with Crippen molar-refractivity contribution >= 4 is 35.6 Å². The molecular weight excluding hydrogens is 452 g/mol. The number of aromatic hydroxyl groups is 1. The molecule has 0 aromatic heterocycles. The van der Waals surface area contributed by atoms with Gasteiger partial charge in [-0.2, -0.15) is 5.10 Å². The van der Waals surface area contributed by atoms with E-state index in [9.17, 15) is 9.90 Å². The van der Waals surface area contributed by atoms with Gasteiger partial charge in [0.1, 0.15) is 11.5 Å². The average molecular weight is 487 g/mol. The number of thioether (sulfide) groups is 2. The molecule has 1 aliphatic rings. The van der Waals surface area contributed by atoms with Crippen molar-refractivity contribution < 1.29 is 14.6 Å². The molecule has 1 saturated heterocycles. The third-order valence-electron chi connectivity index (χ3n) is 5.30. The molecule has 33 heavy (non-hydrogen) atoms. The van der Waals surface area contributed by atoms with Gasteiger partial charge in [-0.1, -0.05) is 53.7 Å². The molecule has 2 aromatic carbocycles. The second-order valence-electron chi connectivity index (χ2n) is 10.2. The SMILES string of the molecule is CC(C)(C)c1cc(/C=N\NC(=O)COc2ccc(C3SCCS3)cc2)cc(C(C)(C)C)c1O. The summed E-state index contributed by atoms with van der Waals surface area (Å²) in [7, 11) is 0. The van der Waals surface area contributed by atoms with E-state index in [1.54, 1.807) is 6.21 Å². The lowest BCUT2D eigenvalue weighted by Crippen LogP contribution is -2.24. The van der Waals surface area contributed by atoms with E-state index in [4.69, 9.17) is 4.74 Å². The van der Waals surface area contributed by atoms with Gasteiger partial charge in [-0.15, -0.1) is 23.5 Å². The van der Waals surface area contributed by atoms with E-state index >= 15 is 0 Å². The maximum absolute atomic E-state index is 12.2. The number of rotatable bonds is 6. The molecule has 2 aromatic rings. The summed E-state index contributed by atoms with van der Waals surface area (Å²) in [6.07, 6.45) is 1.60. The Hall–Kier alpha value is -2.12. The minimum atomic E-state index is -0.330. The van der Waals surface area contributed by atoms with E-state index in [-0.39, 0.29) is 23.3 Å². The molecule has 0 atom stereocenters. The molecule has 0 aliphatic carbocycles. The largest absolute Gasteiger partial charge is 0.507 e. The Morgan fingerprint density at radius 1 is 1.06 bits per heavy atom. The Morgan fingerprint density at radius 3 is 2.12 bits per heavy atom. The number of ether oxygens (including phenoxy) is 1. The summed E-state index contributed by atoms with van der Waals surface area (Å²) in [5.41, 5.74) is 5.87. The maximum atomic E-state index is 12.2. The fourth-order valence-electron chi connectivity index (χ4n) is 3.51. The van der Waals surface area contributed by atoms with E-state index in [0.717, 1.165) is 16.7 Å². The van der Waals surface area contributed by atoms with Gasteiger partial charge < -0.3 is 9.84 Å². The number of benzene rings is 2. The van der Waals surface area contributed by atoms with Crippen LogP contribution in [0, 0.1) is 0 Å². The lowest BCUT2D eigenvalue weighted by atomic mass is 9.78. The van der Waals surface area contributed by atoms with Crippen molar-refractivity contribution in [3.05, 3.63) is 58.7 Å². The summed E-state index contributed by atoms with van der Waals surface area (Å²) in [6.45, 7) is 12.3. The molecule has 0 spiro atoms. The van der Waals surface area contributed by atoms with Gasteiger partial charge in [0.25, 0.3) is 5.91 Å².